The predicted molar refractivity (Wildman–Crippen MR) is 146 cm³/mol. The van der Waals surface area contributed by atoms with Gasteiger partial charge in [0, 0.05) is 50.4 Å². The van der Waals surface area contributed by atoms with E-state index in [1.54, 1.807) is 25.1 Å². The molecule has 0 bridgehead atoms. The first-order valence-electron chi connectivity index (χ1n) is 11.4. The van der Waals surface area contributed by atoms with Crippen molar-refractivity contribution in [3.8, 4) is 0 Å². The molecule has 1 aliphatic rings. The number of imidazole rings is 1. The normalized spacial score (nSPS) is 12.5. The van der Waals surface area contributed by atoms with Crippen LogP contribution in [0.1, 0.15) is 11.1 Å². The molecule has 0 radical (unpaired) electrons. The lowest BCUT2D eigenvalue weighted by Gasteiger charge is -2.18. The van der Waals surface area contributed by atoms with Crippen molar-refractivity contribution >= 4 is 40.1 Å². The molecule has 0 unspecified atom stereocenters. The summed E-state index contributed by atoms with van der Waals surface area (Å²) in [5.41, 5.74) is 13.3. The monoisotopic (exact) mass is 524 g/mol. The van der Waals surface area contributed by atoms with Gasteiger partial charge < -0.3 is 21.4 Å². The van der Waals surface area contributed by atoms with Crippen LogP contribution in [-0.2, 0) is 18.9 Å². The molecule has 0 saturated heterocycles. The molecular formula is C25H29ClN8O3. The van der Waals surface area contributed by atoms with Crippen molar-refractivity contribution in [3.63, 3.8) is 0 Å². The van der Waals surface area contributed by atoms with Crippen LogP contribution in [0.5, 0.6) is 0 Å². The van der Waals surface area contributed by atoms with Crippen molar-refractivity contribution in [1.29, 1.82) is 0 Å². The van der Waals surface area contributed by atoms with Crippen LogP contribution < -0.4 is 27.6 Å². The lowest BCUT2D eigenvalue weighted by atomic mass is 10.0. The number of amides is 1. The summed E-state index contributed by atoms with van der Waals surface area (Å²) < 4.78 is 2.37. The van der Waals surface area contributed by atoms with E-state index in [1.165, 1.54) is 17.9 Å². The molecule has 11 nitrogen and oxygen atoms in total. The lowest BCUT2D eigenvalue weighted by Crippen LogP contribution is -2.36. The number of nitrogens with two attached hydrogens (primary N) is 2. The van der Waals surface area contributed by atoms with Gasteiger partial charge in [-0.05, 0) is 18.2 Å². The quantitative estimate of drug-likeness (QED) is 0.355. The zero-order valence-corrected chi connectivity index (χ0v) is 21.6. The number of H-pyrrole nitrogens is 1. The number of benzene rings is 2. The number of aromatic amines is 1. The Bertz CT molecular complexity index is 1540. The van der Waals surface area contributed by atoms with E-state index in [2.05, 4.69) is 15.0 Å². The van der Waals surface area contributed by atoms with Crippen molar-refractivity contribution in [2.24, 2.45) is 30.6 Å². The summed E-state index contributed by atoms with van der Waals surface area (Å²) >= 11 is 6.11. The van der Waals surface area contributed by atoms with Gasteiger partial charge in [0.05, 0.1) is 17.7 Å². The summed E-state index contributed by atoms with van der Waals surface area (Å²) in [5, 5.41) is 0.634. The standard InChI is InChI=1S/C16H13ClN2O.C7H8N4O2.C2H8N2/c1-19-14-8-7-12(17)9-13(14)16(18-10-15(19)20)11-5-3-2-4-6-11;1-10-5-4(8-3-9-5)6(12)11(2)7(10)13;3-1-2-4/h2-9H,10H2,1H3;3H,1-2H3,(H,8,9);1-4H2. The maximum atomic E-state index is 12.0. The Kier molecular flexibility index (Phi) is 9.12. The Morgan fingerprint density at radius 2 is 1.65 bits per heavy atom. The van der Waals surface area contributed by atoms with Crippen LogP contribution in [0.3, 0.4) is 0 Å². The van der Waals surface area contributed by atoms with Gasteiger partial charge in [0.2, 0.25) is 5.91 Å². The Labute approximate surface area is 218 Å². The number of likely N-dealkylation sites (N-methyl/N-ethyl adjacent to an activating group) is 1. The summed E-state index contributed by atoms with van der Waals surface area (Å²) in [7, 11) is 4.77. The van der Waals surface area contributed by atoms with Crippen LogP contribution in [0, 0.1) is 0 Å². The summed E-state index contributed by atoms with van der Waals surface area (Å²) in [6.07, 6.45) is 1.39. The molecule has 5 rings (SSSR count). The number of aromatic nitrogens is 4. The first-order valence-corrected chi connectivity index (χ1v) is 11.7. The van der Waals surface area contributed by atoms with E-state index < -0.39 is 0 Å². The van der Waals surface area contributed by atoms with Crippen molar-refractivity contribution in [3.05, 3.63) is 91.8 Å². The molecule has 37 heavy (non-hydrogen) atoms. The summed E-state index contributed by atoms with van der Waals surface area (Å²) in [6.45, 7) is 1.34. The summed E-state index contributed by atoms with van der Waals surface area (Å²) in [5.74, 6) is -0.0282. The maximum Gasteiger partial charge on any atom is 0.332 e. The van der Waals surface area contributed by atoms with Crippen LogP contribution >= 0.6 is 11.6 Å². The number of nitrogens with one attached hydrogen (secondary N) is 1. The minimum absolute atomic E-state index is 0.0282. The molecule has 0 spiro atoms. The Hall–Kier alpha value is -4.06. The van der Waals surface area contributed by atoms with Crippen LogP contribution in [0.4, 0.5) is 5.69 Å². The molecule has 3 heterocycles. The molecule has 1 amide bonds. The van der Waals surface area contributed by atoms with Gasteiger partial charge in [-0.1, -0.05) is 41.9 Å². The molecule has 2 aromatic carbocycles. The third kappa shape index (κ3) is 6.02. The smallest absolute Gasteiger partial charge is 0.332 e. The van der Waals surface area contributed by atoms with Gasteiger partial charge >= 0.3 is 5.69 Å². The number of hydrogen-bond donors (Lipinski definition) is 3. The summed E-state index contributed by atoms with van der Waals surface area (Å²) in [6, 6.07) is 15.3. The Morgan fingerprint density at radius 1 is 0.973 bits per heavy atom. The number of fused-ring (bicyclic) bond motifs is 2. The van der Waals surface area contributed by atoms with Crippen LogP contribution in [0.2, 0.25) is 5.02 Å². The Morgan fingerprint density at radius 3 is 2.30 bits per heavy atom. The Balaban J connectivity index is 0.000000192. The second-order valence-corrected chi connectivity index (χ2v) is 8.47. The highest BCUT2D eigenvalue weighted by molar-refractivity contribution is 6.32. The first kappa shape index (κ1) is 27.5. The van der Waals surface area contributed by atoms with Crippen LogP contribution in [0.25, 0.3) is 11.2 Å². The first-order chi connectivity index (χ1) is 17.7. The van der Waals surface area contributed by atoms with Gasteiger partial charge in [0.1, 0.15) is 12.1 Å². The molecule has 4 aromatic rings. The zero-order chi connectivity index (χ0) is 27.1. The molecule has 0 saturated carbocycles. The van der Waals surface area contributed by atoms with Crippen LogP contribution in [-0.4, -0.2) is 57.4 Å². The maximum absolute atomic E-state index is 12.0. The number of halogens is 1. The van der Waals surface area contributed by atoms with Crippen LogP contribution in [0.15, 0.2) is 69.4 Å². The number of carbonyl (C=O) groups excluding carboxylic acids is 1. The molecule has 5 N–H and O–H groups in total. The van der Waals surface area contributed by atoms with E-state index in [0.717, 1.165) is 27.1 Å². The molecule has 2 aromatic heterocycles. The second-order valence-electron chi connectivity index (χ2n) is 8.03. The molecule has 0 atom stereocenters. The number of anilines is 1. The lowest BCUT2D eigenvalue weighted by molar-refractivity contribution is -0.116. The highest BCUT2D eigenvalue weighted by Gasteiger charge is 2.22. The molecule has 194 valence electrons. The molecule has 1 aliphatic heterocycles. The van der Waals surface area contributed by atoms with Gasteiger partial charge in [-0.15, -0.1) is 0 Å². The fourth-order valence-electron chi connectivity index (χ4n) is 3.57. The number of aliphatic imine (C=N–C) groups is 1. The van der Waals surface area contributed by atoms with Crippen molar-refractivity contribution in [2.45, 2.75) is 0 Å². The van der Waals surface area contributed by atoms with E-state index in [4.69, 9.17) is 23.1 Å². The van der Waals surface area contributed by atoms with Gasteiger partial charge in [0.25, 0.3) is 5.56 Å². The predicted octanol–water partition coefficient (Wildman–Crippen LogP) is 1.02. The number of aryl methyl sites for hydroxylation is 1. The second kappa shape index (κ2) is 12.3. The van der Waals surface area contributed by atoms with Crippen molar-refractivity contribution in [2.75, 3.05) is 31.6 Å². The number of benzodiazepines with no additional fused rings is 1. The third-order valence-electron chi connectivity index (χ3n) is 5.56. The minimum atomic E-state index is -0.371. The van der Waals surface area contributed by atoms with Crippen molar-refractivity contribution in [1.82, 2.24) is 19.1 Å². The number of nitrogens with zero attached hydrogens (tertiary/aromatic N) is 5. The van der Waals surface area contributed by atoms with E-state index in [9.17, 15) is 14.4 Å². The minimum Gasteiger partial charge on any atom is -0.339 e. The van der Waals surface area contributed by atoms with E-state index >= 15 is 0 Å². The molecule has 0 aliphatic carbocycles. The van der Waals surface area contributed by atoms with E-state index in [0.29, 0.717) is 29.3 Å². The zero-order valence-electron chi connectivity index (χ0n) is 20.8. The fraction of sp³-hybridized carbons (Fsp3) is 0.240. The topological polar surface area (TPSA) is 157 Å². The fourth-order valence-corrected chi connectivity index (χ4v) is 3.75. The summed E-state index contributed by atoms with van der Waals surface area (Å²) in [4.78, 5) is 47.5. The van der Waals surface area contributed by atoms with Crippen molar-refractivity contribution < 1.29 is 4.79 Å². The van der Waals surface area contributed by atoms with E-state index in [-0.39, 0.29) is 23.7 Å². The highest BCUT2D eigenvalue weighted by atomic mass is 35.5. The number of rotatable bonds is 2. The highest BCUT2D eigenvalue weighted by Crippen LogP contribution is 2.28. The molecule has 12 heteroatoms. The van der Waals surface area contributed by atoms with Gasteiger partial charge in [-0.2, -0.15) is 0 Å². The van der Waals surface area contributed by atoms with E-state index in [1.807, 2.05) is 42.5 Å². The average molecular weight is 525 g/mol. The SMILES string of the molecule is CN1C(=O)CN=C(c2ccccc2)c2cc(Cl)ccc21.Cn1c(=O)c2[nH]cnc2n(C)c1=O.NCCN. The molecular weight excluding hydrogens is 496 g/mol. The third-order valence-corrected chi connectivity index (χ3v) is 5.80. The van der Waals surface area contributed by atoms with Gasteiger partial charge in [-0.25, -0.2) is 9.78 Å². The van der Waals surface area contributed by atoms with Gasteiger partial charge in [0.15, 0.2) is 5.65 Å². The molecule has 0 fully saturated rings. The number of carbonyl (C=O) groups is 1. The number of hydrogen-bond acceptors (Lipinski definition) is 7. The van der Waals surface area contributed by atoms with Gasteiger partial charge in [-0.3, -0.25) is 23.7 Å². The largest absolute Gasteiger partial charge is 0.339 e. The average Bonchev–Trinajstić information content (AvgIpc) is 3.38.